The number of pyridine rings is 1. The lowest BCUT2D eigenvalue weighted by atomic mass is 10.2. The fourth-order valence-corrected chi connectivity index (χ4v) is 3.60. The molecular formula is C16H14N2O4S. The SMILES string of the molecule is CCOC(=O)c1cc2ccn(S(=O)(=O)c3ccccc3)c2cn1. The predicted molar refractivity (Wildman–Crippen MR) is 84.7 cm³/mol. The molecule has 3 rings (SSSR count). The second-order valence-corrected chi connectivity index (χ2v) is 6.59. The van der Waals surface area contributed by atoms with Crippen LogP contribution in [0.25, 0.3) is 10.9 Å². The van der Waals surface area contributed by atoms with Gasteiger partial charge in [-0.2, -0.15) is 0 Å². The second kappa shape index (κ2) is 5.85. The molecule has 0 bridgehead atoms. The van der Waals surface area contributed by atoms with E-state index in [1.54, 1.807) is 31.2 Å². The monoisotopic (exact) mass is 330 g/mol. The van der Waals surface area contributed by atoms with Crippen LogP contribution >= 0.6 is 0 Å². The molecule has 0 unspecified atom stereocenters. The molecule has 0 aliphatic rings. The van der Waals surface area contributed by atoms with Crippen molar-refractivity contribution in [1.29, 1.82) is 0 Å². The highest BCUT2D eigenvalue weighted by molar-refractivity contribution is 7.90. The molecule has 0 aliphatic carbocycles. The molecule has 0 atom stereocenters. The van der Waals surface area contributed by atoms with E-state index in [0.717, 1.165) is 3.97 Å². The number of hydrogen-bond donors (Lipinski definition) is 0. The number of carbonyl (C=O) groups is 1. The number of ether oxygens (including phenoxy) is 1. The van der Waals surface area contributed by atoms with Gasteiger partial charge in [0.1, 0.15) is 5.69 Å². The summed E-state index contributed by atoms with van der Waals surface area (Å²) in [6.07, 6.45) is 2.81. The van der Waals surface area contributed by atoms with Gasteiger partial charge >= 0.3 is 5.97 Å². The average molecular weight is 330 g/mol. The molecule has 3 aromatic rings. The first kappa shape index (κ1) is 15.2. The highest BCUT2D eigenvalue weighted by atomic mass is 32.2. The average Bonchev–Trinajstić information content (AvgIpc) is 2.99. The van der Waals surface area contributed by atoms with Crippen molar-refractivity contribution in [3.63, 3.8) is 0 Å². The lowest BCUT2D eigenvalue weighted by Gasteiger charge is -2.07. The number of esters is 1. The van der Waals surface area contributed by atoms with Crippen molar-refractivity contribution >= 4 is 26.9 Å². The van der Waals surface area contributed by atoms with Gasteiger partial charge in [0.05, 0.1) is 23.2 Å². The first-order chi connectivity index (χ1) is 11.0. The maximum absolute atomic E-state index is 12.7. The molecule has 7 heteroatoms. The summed E-state index contributed by atoms with van der Waals surface area (Å²) in [5.41, 5.74) is 0.552. The van der Waals surface area contributed by atoms with E-state index in [0.29, 0.717) is 10.9 Å². The molecule has 23 heavy (non-hydrogen) atoms. The highest BCUT2D eigenvalue weighted by Crippen LogP contribution is 2.22. The van der Waals surface area contributed by atoms with Crippen molar-refractivity contribution in [3.05, 3.63) is 60.6 Å². The van der Waals surface area contributed by atoms with E-state index in [2.05, 4.69) is 4.98 Å². The van der Waals surface area contributed by atoms with E-state index in [-0.39, 0.29) is 17.2 Å². The van der Waals surface area contributed by atoms with Crippen molar-refractivity contribution in [2.24, 2.45) is 0 Å². The Labute approximate surface area is 133 Å². The fourth-order valence-electron chi connectivity index (χ4n) is 2.24. The number of hydrogen-bond acceptors (Lipinski definition) is 5. The Bertz CT molecular complexity index is 962. The largest absolute Gasteiger partial charge is 0.461 e. The van der Waals surface area contributed by atoms with E-state index in [1.807, 2.05) is 0 Å². The molecule has 0 saturated heterocycles. The van der Waals surface area contributed by atoms with Gasteiger partial charge in [-0.3, -0.25) is 0 Å². The molecule has 6 nitrogen and oxygen atoms in total. The third kappa shape index (κ3) is 2.70. The molecule has 0 radical (unpaired) electrons. The van der Waals surface area contributed by atoms with Crippen molar-refractivity contribution in [2.75, 3.05) is 6.61 Å². The molecule has 0 saturated carbocycles. The lowest BCUT2D eigenvalue weighted by Crippen LogP contribution is -2.12. The Morgan fingerprint density at radius 2 is 1.96 bits per heavy atom. The third-order valence-electron chi connectivity index (χ3n) is 3.33. The standard InChI is InChI=1S/C16H14N2O4S/c1-2-22-16(19)14-10-12-8-9-18(15(12)11-17-14)23(20,21)13-6-4-3-5-7-13/h3-11H,2H2,1H3. The summed E-state index contributed by atoms with van der Waals surface area (Å²) in [5.74, 6) is -0.534. The van der Waals surface area contributed by atoms with Crippen LogP contribution in [0.1, 0.15) is 17.4 Å². The van der Waals surface area contributed by atoms with Crippen molar-refractivity contribution in [2.45, 2.75) is 11.8 Å². The Balaban J connectivity index is 2.09. The van der Waals surface area contributed by atoms with Gasteiger partial charge in [0.2, 0.25) is 0 Å². The van der Waals surface area contributed by atoms with E-state index in [9.17, 15) is 13.2 Å². The first-order valence-corrected chi connectivity index (χ1v) is 8.43. The van der Waals surface area contributed by atoms with Crippen LogP contribution in [0.4, 0.5) is 0 Å². The predicted octanol–water partition coefficient (Wildman–Crippen LogP) is 2.45. The minimum absolute atomic E-state index is 0.147. The Morgan fingerprint density at radius 3 is 2.65 bits per heavy atom. The van der Waals surface area contributed by atoms with Crippen LogP contribution in [0.2, 0.25) is 0 Å². The maximum Gasteiger partial charge on any atom is 0.356 e. The van der Waals surface area contributed by atoms with Crippen molar-refractivity contribution < 1.29 is 17.9 Å². The van der Waals surface area contributed by atoms with Gasteiger partial charge in [0.25, 0.3) is 10.0 Å². The molecule has 2 aromatic heterocycles. The molecule has 118 valence electrons. The molecule has 1 aromatic carbocycles. The van der Waals surface area contributed by atoms with Gasteiger partial charge in [0.15, 0.2) is 0 Å². The van der Waals surface area contributed by atoms with Crippen LogP contribution in [-0.4, -0.2) is 30.0 Å². The fraction of sp³-hybridized carbons (Fsp3) is 0.125. The van der Waals surface area contributed by atoms with Crippen LogP contribution in [0, 0.1) is 0 Å². The molecule has 2 heterocycles. The third-order valence-corrected chi connectivity index (χ3v) is 5.03. The summed E-state index contributed by atoms with van der Waals surface area (Å²) in [5, 5.41) is 0.600. The van der Waals surface area contributed by atoms with Crippen LogP contribution in [0.3, 0.4) is 0 Å². The topological polar surface area (TPSA) is 78.3 Å². The summed E-state index contributed by atoms with van der Waals surface area (Å²) in [6, 6.07) is 11.3. The van der Waals surface area contributed by atoms with Gasteiger partial charge in [0, 0.05) is 11.6 Å². The maximum atomic E-state index is 12.7. The van der Waals surface area contributed by atoms with E-state index in [4.69, 9.17) is 4.74 Å². The highest BCUT2D eigenvalue weighted by Gasteiger charge is 2.19. The van der Waals surface area contributed by atoms with Crippen LogP contribution in [0.15, 0.2) is 59.8 Å². The number of aromatic nitrogens is 2. The number of benzene rings is 1. The zero-order valence-electron chi connectivity index (χ0n) is 12.3. The first-order valence-electron chi connectivity index (χ1n) is 6.99. The molecule has 0 fully saturated rings. The molecule has 0 N–H and O–H groups in total. The van der Waals surface area contributed by atoms with Crippen LogP contribution < -0.4 is 0 Å². The summed E-state index contributed by atoms with van der Waals surface area (Å²) in [4.78, 5) is 15.9. The zero-order valence-corrected chi connectivity index (χ0v) is 13.2. The lowest BCUT2D eigenvalue weighted by molar-refractivity contribution is 0.0519. The summed E-state index contributed by atoms with van der Waals surface area (Å²) in [6.45, 7) is 1.96. The Kier molecular flexibility index (Phi) is 3.87. The Hall–Kier alpha value is -2.67. The number of nitrogens with zero attached hydrogens (tertiary/aromatic N) is 2. The van der Waals surface area contributed by atoms with E-state index >= 15 is 0 Å². The van der Waals surface area contributed by atoms with Gasteiger partial charge in [-0.15, -0.1) is 0 Å². The summed E-state index contributed by atoms with van der Waals surface area (Å²) >= 11 is 0. The Morgan fingerprint density at radius 1 is 1.22 bits per heavy atom. The summed E-state index contributed by atoms with van der Waals surface area (Å²) in [7, 11) is -3.71. The minimum atomic E-state index is -3.71. The quantitative estimate of drug-likeness (QED) is 0.687. The number of fused-ring (bicyclic) bond motifs is 1. The molecule has 0 aliphatic heterocycles. The van der Waals surface area contributed by atoms with Gasteiger partial charge < -0.3 is 4.74 Å². The second-order valence-electron chi connectivity index (χ2n) is 4.78. The molecule has 0 spiro atoms. The van der Waals surface area contributed by atoms with Crippen LogP contribution in [0.5, 0.6) is 0 Å². The number of rotatable bonds is 4. The molecule has 0 amide bonds. The molecular weight excluding hydrogens is 316 g/mol. The summed E-state index contributed by atoms with van der Waals surface area (Å²) < 4.78 is 31.4. The van der Waals surface area contributed by atoms with Crippen LogP contribution in [-0.2, 0) is 14.8 Å². The van der Waals surface area contributed by atoms with E-state index in [1.165, 1.54) is 30.6 Å². The smallest absolute Gasteiger partial charge is 0.356 e. The van der Waals surface area contributed by atoms with Gasteiger partial charge in [-0.1, -0.05) is 18.2 Å². The minimum Gasteiger partial charge on any atom is -0.461 e. The number of carbonyl (C=O) groups excluding carboxylic acids is 1. The van der Waals surface area contributed by atoms with Gasteiger partial charge in [-0.05, 0) is 31.2 Å². The van der Waals surface area contributed by atoms with Crippen molar-refractivity contribution in [1.82, 2.24) is 8.96 Å². The van der Waals surface area contributed by atoms with Crippen molar-refractivity contribution in [3.8, 4) is 0 Å². The van der Waals surface area contributed by atoms with E-state index < -0.39 is 16.0 Å². The zero-order chi connectivity index (χ0) is 16.4. The normalized spacial score (nSPS) is 11.5. The van der Waals surface area contributed by atoms with Gasteiger partial charge in [-0.25, -0.2) is 22.2 Å².